The van der Waals surface area contributed by atoms with Crippen molar-refractivity contribution >= 4 is 62.1 Å². The first-order valence-electron chi connectivity index (χ1n) is 10.7. The number of morpholine rings is 1. The van der Waals surface area contributed by atoms with Gasteiger partial charge < -0.3 is 24.4 Å². The molecule has 1 heterocycles. The predicted molar refractivity (Wildman–Crippen MR) is 143 cm³/mol. The van der Waals surface area contributed by atoms with E-state index in [1.165, 1.54) is 0 Å². The van der Waals surface area contributed by atoms with Gasteiger partial charge in [0.05, 0.1) is 35.5 Å². The molecule has 1 aliphatic rings. The van der Waals surface area contributed by atoms with Crippen molar-refractivity contribution in [3.8, 4) is 11.5 Å². The van der Waals surface area contributed by atoms with Gasteiger partial charge in [0, 0.05) is 40.9 Å². The second kappa shape index (κ2) is 11.7. The first-order valence-corrected chi connectivity index (χ1v) is 12.7. The molecule has 9 heteroatoms. The zero-order valence-electron chi connectivity index (χ0n) is 18.5. The molecular weight excluding hydrogens is 563 g/mol. The first-order chi connectivity index (χ1) is 16.4. The summed E-state index contributed by atoms with van der Waals surface area (Å²) in [5, 5.41) is 5.29. The Morgan fingerprint density at radius 3 is 2.50 bits per heavy atom. The van der Waals surface area contributed by atoms with Crippen LogP contribution in [0.3, 0.4) is 0 Å². The largest absolute Gasteiger partial charge is 0.493 e. The third-order valence-electron chi connectivity index (χ3n) is 5.47. The van der Waals surface area contributed by atoms with Crippen LogP contribution in [-0.2, 0) is 17.9 Å². The minimum absolute atomic E-state index is 0.288. The smallest absolute Gasteiger partial charge is 0.175 e. The fourth-order valence-corrected chi connectivity index (χ4v) is 5.05. The summed E-state index contributed by atoms with van der Waals surface area (Å²) < 4.78 is 17.8. The maximum absolute atomic E-state index is 6.56. The highest BCUT2D eigenvalue weighted by Crippen LogP contribution is 2.38. The standard InChI is InChI=1S/C25H24BrCl3N2O3/c1-32-24-11-16(10-20(26)25(24)34-15-17-2-3-18(27)12-21(17)28)14-30-19-4-5-23(22(29)13-19)31-6-8-33-9-7-31/h2-5,10-13,30H,6-9,14-15H2,1H3. The van der Waals surface area contributed by atoms with E-state index in [1.807, 2.05) is 36.4 Å². The van der Waals surface area contributed by atoms with Gasteiger partial charge in [0.2, 0.25) is 0 Å². The van der Waals surface area contributed by atoms with Crippen LogP contribution in [0.5, 0.6) is 11.5 Å². The molecule has 1 saturated heterocycles. The van der Waals surface area contributed by atoms with Crippen molar-refractivity contribution in [3.63, 3.8) is 0 Å². The van der Waals surface area contributed by atoms with Crippen molar-refractivity contribution in [2.45, 2.75) is 13.2 Å². The molecule has 0 bridgehead atoms. The van der Waals surface area contributed by atoms with Gasteiger partial charge in [-0.1, -0.05) is 40.9 Å². The fourth-order valence-electron chi connectivity index (χ4n) is 3.69. The minimum atomic E-state index is 0.288. The van der Waals surface area contributed by atoms with Crippen LogP contribution < -0.4 is 19.7 Å². The van der Waals surface area contributed by atoms with Gasteiger partial charge >= 0.3 is 0 Å². The second-order valence-corrected chi connectivity index (χ2v) is 9.86. The number of methoxy groups -OCH3 is 1. The summed E-state index contributed by atoms with van der Waals surface area (Å²) in [6.45, 7) is 4.01. The number of halogens is 4. The Kier molecular flexibility index (Phi) is 8.72. The number of ether oxygens (including phenoxy) is 3. The van der Waals surface area contributed by atoms with Crippen LogP contribution >= 0.6 is 50.7 Å². The summed E-state index contributed by atoms with van der Waals surface area (Å²) in [4.78, 5) is 2.24. The summed E-state index contributed by atoms with van der Waals surface area (Å²) in [6, 6.07) is 15.3. The van der Waals surface area contributed by atoms with Crippen LogP contribution in [0, 0.1) is 0 Å². The molecule has 3 aromatic rings. The molecule has 0 unspecified atom stereocenters. The average Bonchev–Trinajstić information content (AvgIpc) is 2.83. The molecule has 0 aliphatic carbocycles. The zero-order valence-corrected chi connectivity index (χ0v) is 22.4. The van der Waals surface area contributed by atoms with E-state index in [2.05, 4.69) is 26.1 Å². The summed E-state index contributed by atoms with van der Waals surface area (Å²) in [6.07, 6.45) is 0. The van der Waals surface area contributed by atoms with Gasteiger partial charge in [-0.25, -0.2) is 0 Å². The van der Waals surface area contributed by atoms with E-state index in [4.69, 9.17) is 49.0 Å². The molecule has 0 atom stereocenters. The number of benzene rings is 3. The molecule has 0 amide bonds. The lowest BCUT2D eigenvalue weighted by molar-refractivity contribution is 0.122. The minimum Gasteiger partial charge on any atom is -0.493 e. The molecule has 4 rings (SSSR count). The van der Waals surface area contributed by atoms with Gasteiger partial charge in [0.25, 0.3) is 0 Å². The molecule has 1 aliphatic heterocycles. The molecule has 0 spiro atoms. The Balaban J connectivity index is 1.42. The molecule has 180 valence electrons. The quantitative estimate of drug-likeness (QED) is 0.297. The van der Waals surface area contributed by atoms with Gasteiger partial charge in [-0.2, -0.15) is 0 Å². The Bertz CT molecular complexity index is 1160. The van der Waals surface area contributed by atoms with Crippen LogP contribution in [0.15, 0.2) is 53.0 Å². The van der Waals surface area contributed by atoms with Gasteiger partial charge in [-0.15, -0.1) is 0 Å². The Morgan fingerprint density at radius 1 is 1.00 bits per heavy atom. The zero-order chi connectivity index (χ0) is 24.1. The topological polar surface area (TPSA) is 43.0 Å². The normalized spacial score (nSPS) is 13.6. The van der Waals surface area contributed by atoms with Crippen molar-refractivity contribution in [2.75, 3.05) is 43.6 Å². The predicted octanol–water partition coefficient (Wildman–Crippen LogP) is 7.45. The SMILES string of the molecule is COc1cc(CNc2ccc(N3CCOCC3)c(Cl)c2)cc(Br)c1OCc1ccc(Cl)cc1Cl. The highest BCUT2D eigenvalue weighted by molar-refractivity contribution is 9.10. The van der Waals surface area contributed by atoms with Gasteiger partial charge in [0.1, 0.15) is 6.61 Å². The van der Waals surface area contributed by atoms with Crippen LogP contribution in [0.1, 0.15) is 11.1 Å². The fraction of sp³-hybridized carbons (Fsp3) is 0.280. The monoisotopic (exact) mass is 584 g/mol. The van der Waals surface area contributed by atoms with Crippen molar-refractivity contribution < 1.29 is 14.2 Å². The van der Waals surface area contributed by atoms with E-state index in [-0.39, 0.29) is 6.61 Å². The lowest BCUT2D eigenvalue weighted by Crippen LogP contribution is -2.36. The van der Waals surface area contributed by atoms with Crippen LogP contribution in [0.25, 0.3) is 0 Å². The number of rotatable bonds is 8. The maximum Gasteiger partial charge on any atom is 0.175 e. The molecule has 3 aromatic carbocycles. The van der Waals surface area contributed by atoms with Crippen LogP contribution in [0.2, 0.25) is 15.1 Å². The van der Waals surface area contributed by atoms with Crippen molar-refractivity contribution in [1.29, 1.82) is 0 Å². The Labute approximate surface area is 223 Å². The summed E-state index contributed by atoms with van der Waals surface area (Å²) in [7, 11) is 1.62. The summed E-state index contributed by atoms with van der Waals surface area (Å²) in [5.74, 6) is 1.23. The van der Waals surface area contributed by atoms with Gasteiger partial charge in [0.15, 0.2) is 11.5 Å². The number of nitrogens with one attached hydrogen (secondary N) is 1. The number of anilines is 2. The molecule has 5 nitrogen and oxygen atoms in total. The Hall–Kier alpha value is -1.83. The van der Waals surface area contributed by atoms with Gasteiger partial charge in [-0.05, 0) is 64.0 Å². The summed E-state index contributed by atoms with van der Waals surface area (Å²) in [5.41, 5.74) is 3.83. The molecule has 0 saturated carbocycles. The maximum atomic E-state index is 6.56. The van der Waals surface area contributed by atoms with E-state index >= 15 is 0 Å². The average molecular weight is 587 g/mol. The van der Waals surface area contributed by atoms with E-state index < -0.39 is 0 Å². The number of nitrogens with zero attached hydrogens (tertiary/aromatic N) is 1. The third kappa shape index (κ3) is 6.23. The number of hydrogen-bond acceptors (Lipinski definition) is 5. The van der Waals surface area contributed by atoms with Crippen LogP contribution in [0.4, 0.5) is 11.4 Å². The van der Waals surface area contributed by atoms with E-state index in [0.29, 0.717) is 28.1 Å². The van der Waals surface area contributed by atoms with E-state index in [9.17, 15) is 0 Å². The molecule has 34 heavy (non-hydrogen) atoms. The first kappa shape index (κ1) is 25.3. The molecule has 1 fully saturated rings. The molecular formula is C25H24BrCl3N2O3. The highest BCUT2D eigenvalue weighted by Gasteiger charge is 2.15. The number of hydrogen-bond donors (Lipinski definition) is 1. The van der Waals surface area contributed by atoms with Crippen molar-refractivity contribution in [2.24, 2.45) is 0 Å². The van der Waals surface area contributed by atoms with E-state index in [1.54, 1.807) is 19.2 Å². The second-order valence-electron chi connectivity index (χ2n) is 7.75. The molecule has 0 aromatic heterocycles. The van der Waals surface area contributed by atoms with E-state index in [0.717, 1.165) is 58.3 Å². The molecule has 1 N–H and O–H groups in total. The third-order valence-corrected chi connectivity index (χ3v) is 6.95. The summed E-state index contributed by atoms with van der Waals surface area (Å²) >= 11 is 22.4. The highest BCUT2D eigenvalue weighted by atomic mass is 79.9. The van der Waals surface area contributed by atoms with Crippen LogP contribution in [-0.4, -0.2) is 33.4 Å². The van der Waals surface area contributed by atoms with Crippen molar-refractivity contribution in [1.82, 2.24) is 0 Å². The lowest BCUT2D eigenvalue weighted by Gasteiger charge is -2.29. The molecule has 0 radical (unpaired) electrons. The van der Waals surface area contributed by atoms with Gasteiger partial charge in [-0.3, -0.25) is 0 Å². The Morgan fingerprint density at radius 2 is 1.79 bits per heavy atom. The lowest BCUT2D eigenvalue weighted by atomic mass is 10.2. The van der Waals surface area contributed by atoms with Crippen molar-refractivity contribution in [3.05, 3.63) is 79.2 Å².